The third-order valence-corrected chi connectivity index (χ3v) is 5.32. The summed E-state index contributed by atoms with van der Waals surface area (Å²) in [5, 5.41) is 2.51. The van der Waals surface area contributed by atoms with E-state index in [0.29, 0.717) is 16.0 Å². The predicted octanol–water partition coefficient (Wildman–Crippen LogP) is 2.80. The van der Waals surface area contributed by atoms with Crippen LogP contribution >= 0.6 is 23.4 Å². The van der Waals surface area contributed by atoms with E-state index in [9.17, 15) is 9.59 Å². The number of nitrogens with zero attached hydrogens (tertiary/aromatic N) is 2. The Balaban J connectivity index is 1.94. The summed E-state index contributed by atoms with van der Waals surface area (Å²) in [4.78, 5) is 28.0. The number of hydrogen-bond acceptors (Lipinski definition) is 5. The van der Waals surface area contributed by atoms with Crippen LogP contribution in [0.3, 0.4) is 0 Å². The normalized spacial score (nSPS) is 23.2. The summed E-state index contributed by atoms with van der Waals surface area (Å²) in [5.41, 5.74) is 1.79. The number of amides is 2. The monoisotopic (exact) mass is 351 g/mol. The number of anilines is 1. The molecule has 0 spiro atoms. The Bertz CT molecular complexity index is 690. The minimum Gasteiger partial charge on any atom is -0.369 e. The molecule has 23 heavy (non-hydrogen) atoms. The van der Waals surface area contributed by atoms with Gasteiger partial charge in [0.05, 0.1) is 4.91 Å². The molecule has 2 heterocycles. The average Bonchev–Trinajstić information content (AvgIpc) is 3.08. The van der Waals surface area contributed by atoms with Crippen molar-refractivity contribution in [1.29, 1.82) is 0 Å². The van der Waals surface area contributed by atoms with Crippen molar-refractivity contribution in [2.45, 2.75) is 12.5 Å². The Hall–Kier alpha value is -1.50. The van der Waals surface area contributed by atoms with Crippen LogP contribution in [0.15, 0.2) is 23.1 Å². The van der Waals surface area contributed by atoms with Crippen LogP contribution in [-0.4, -0.2) is 49.3 Å². The lowest BCUT2D eigenvalue weighted by Gasteiger charge is -2.24. The van der Waals surface area contributed by atoms with Gasteiger partial charge in [-0.05, 0) is 50.5 Å². The molecule has 2 amide bonds. The third kappa shape index (κ3) is 3.39. The topological polar surface area (TPSA) is 52.6 Å². The van der Waals surface area contributed by atoms with Gasteiger partial charge in [-0.25, -0.2) is 0 Å². The Morgan fingerprint density at radius 2 is 2.17 bits per heavy atom. The van der Waals surface area contributed by atoms with E-state index in [1.165, 1.54) is 0 Å². The van der Waals surface area contributed by atoms with Crippen molar-refractivity contribution >= 4 is 46.3 Å². The summed E-state index contributed by atoms with van der Waals surface area (Å²) in [6.45, 7) is 1.86. The molecule has 0 aliphatic carbocycles. The fourth-order valence-corrected chi connectivity index (χ4v) is 3.77. The minimum absolute atomic E-state index is 0.344. The van der Waals surface area contributed by atoms with Gasteiger partial charge in [-0.1, -0.05) is 17.7 Å². The minimum atomic E-state index is -0.363. The number of imide groups is 1. The van der Waals surface area contributed by atoms with Gasteiger partial charge in [-0.3, -0.25) is 14.9 Å². The first kappa shape index (κ1) is 16.4. The summed E-state index contributed by atoms with van der Waals surface area (Å²) in [5.74, 6) is -0.363. The van der Waals surface area contributed by atoms with Crippen LogP contribution in [0.1, 0.15) is 12.0 Å². The quantitative estimate of drug-likeness (QED) is 0.849. The fraction of sp³-hybridized carbons (Fsp3) is 0.375. The number of carbonyl (C=O) groups excluding carboxylic acids is 2. The van der Waals surface area contributed by atoms with Gasteiger partial charge in [0, 0.05) is 35.4 Å². The summed E-state index contributed by atoms with van der Waals surface area (Å²) >= 11 is 7.27. The lowest BCUT2D eigenvalue weighted by Crippen LogP contribution is -2.31. The average molecular weight is 352 g/mol. The zero-order valence-corrected chi connectivity index (χ0v) is 14.6. The van der Waals surface area contributed by atoms with Gasteiger partial charge < -0.3 is 9.80 Å². The number of halogens is 1. The summed E-state index contributed by atoms with van der Waals surface area (Å²) in [6, 6.07) is 6.22. The number of benzene rings is 1. The number of carbonyl (C=O) groups is 2. The van der Waals surface area contributed by atoms with E-state index < -0.39 is 0 Å². The summed E-state index contributed by atoms with van der Waals surface area (Å²) in [7, 11) is 4.17. The van der Waals surface area contributed by atoms with Crippen LogP contribution in [-0.2, 0) is 4.79 Å². The summed E-state index contributed by atoms with van der Waals surface area (Å²) in [6.07, 6.45) is 2.80. The van der Waals surface area contributed by atoms with Crippen LogP contribution in [0, 0.1) is 0 Å². The lowest BCUT2D eigenvalue weighted by atomic mass is 10.1. The van der Waals surface area contributed by atoms with Crippen molar-refractivity contribution in [3.8, 4) is 0 Å². The van der Waals surface area contributed by atoms with E-state index in [1.54, 1.807) is 12.1 Å². The van der Waals surface area contributed by atoms with E-state index in [4.69, 9.17) is 11.6 Å². The SMILES string of the molecule is CN(C)C1CCN(c2cccc(Cl)c2C=C2SC(=O)NC2=O)C1. The van der Waals surface area contributed by atoms with Gasteiger partial charge in [0.25, 0.3) is 11.1 Å². The van der Waals surface area contributed by atoms with Gasteiger partial charge >= 0.3 is 0 Å². The maximum Gasteiger partial charge on any atom is 0.290 e. The van der Waals surface area contributed by atoms with E-state index in [1.807, 2.05) is 12.1 Å². The van der Waals surface area contributed by atoms with Crippen molar-refractivity contribution in [2.24, 2.45) is 0 Å². The number of rotatable bonds is 3. The first-order valence-electron chi connectivity index (χ1n) is 7.40. The largest absolute Gasteiger partial charge is 0.369 e. The molecule has 0 radical (unpaired) electrons. The zero-order valence-electron chi connectivity index (χ0n) is 13.0. The molecule has 2 saturated heterocycles. The molecule has 7 heteroatoms. The highest BCUT2D eigenvalue weighted by Gasteiger charge is 2.28. The molecule has 2 aliphatic rings. The fourth-order valence-electron chi connectivity index (χ4n) is 2.88. The highest BCUT2D eigenvalue weighted by molar-refractivity contribution is 8.18. The van der Waals surface area contributed by atoms with Crippen molar-refractivity contribution in [2.75, 3.05) is 32.1 Å². The maximum atomic E-state index is 11.8. The van der Waals surface area contributed by atoms with E-state index in [0.717, 1.165) is 42.5 Å². The molecule has 1 N–H and O–H groups in total. The second-order valence-corrected chi connectivity index (χ2v) is 7.30. The Labute approximate surface area is 144 Å². The van der Waals surface area contributed by atoms with E-state index >= 15 is 0 Å². The Morgan fingerprint density at radius 3 is 2.78 bits per heavy atom. The molecular formula is C16H18ClN3O2S. The van der Waals surface area contributed by atoms with Crippen molar-refractivity contribution < 1.29 is 9.59 Å². The van der Waals surface area contributed by atoms with Gasteiger partial charge in [0.2, 0.25) is 0 Å². The van der Waals surface area contributed by atoms with Gasteiger partial charge in [0.15, 0.2) is 0 Å². The van der Waals surface area contributed by atoms with Crippen molar-refractivity contribution in [1.82, 2.24) is 10.2 Å². The van der Waals surface area contributed by atoms with E-state index in [2.05, 4.69) is 29.2 Å². The first-order chi connectivity index (χ1) is 11.0. The summed E-state index contributed by atoms with van der Waals surface area (Å²) < 4.78 is 0. The number of hydrogen-bond donors (Lipinski definition) is 1. The number of nitrogens with one attached hydrogen (secondary N) is 1. The first-order valence-corrected chi connectivity index (χ1v) is 8.60. The molecule has 1 aromatic carbocycles. The molecule has 1 unspecified atom stereocenters. The van der Waals surface area contributed by atoms with Crippen LogP contribution in [0.25, 0.3) is 6.08 Å². The highest BCUT2D eigenvalue weighted by atomic mass is 35.5. The van der Waals surface area contributed by atoms with E-state index in [-0.39, 0.29) is 11.1 Å². The molecule has 1 aromatic rings. The number of likely N-dealkylation sites (N-methyl/N-ethyl adjacent to an activating group) is 1. The molecule has 3 rings (SSSR count). The number of thioether (sulfide) groups is 1. The van der Waals surface area contributed by atoms with Gasteiger partial charge in [0.1, 0.15) is 0 Å². The molecule has 122 valence electrons. The molecule has 0 saturated carbocycles. The molecule has 5 nitrogen and oxygen atoms in total. The van der Waals surface area contributed by atoms with Crippen LogP contribution in [0.5, 0.6) is 0 Å². The molecule has 1 atom stereocenters. The Kier molecular flexibility index (Phi) is 4.66. The second-order valence-electron chi connectivity index (χ2n) is 5.88. The lowest BCUT2D eigenvalue weighted by molar-refractivity contribution is -0.115. The van der Waals surface area contributed by atoms with Gasteiger partial charge in [-0.2, -0.15) is 0 Å². The second kappa shape index (κ2) is 6.55. The van der Waals surface area contributed by atoms with Gasteiger partial charge in [-0.15, -0.1) is 0 Å². The molecule has 2 fully saturated rings. The highest BCUT2D eigenvalue weighted by Crippen LogP contribution is 2.35. The maximum absolute atomic E-state index is 11.8. The van der Waals surface area contributed by atoms with Crippen LogP contribution < -0.4 is 10.2 Å². The molecule has 2 aliphatic heterocycles. The molecule has 0 bridgehead atoms. The zero-order chi connectivity index (χ0) is 16.6. The van der Waals surface area contributed by atoms with Crippen molar-refractivity contribution in [3.63, 3.8) is 0 Å². The standard InChI is InChI=1S/C16H18ClN3O2S/c1-19(2)10-6-7-20(9-10)13-5-3-4-12(17)11(13)8-14-15(21)18-16(22)23-14/h3-5,8,10H,6-7,9H2,1-2H3,(H,18,21,22). The van der Waals surface area contributed by atoms with Crippen molar-refractivity contribution in [3.05, 3.63) is 33.7 Å². The van der Waals surface area contributed by atoms with Crippen LogP contribution in [0.2, 0.25) is 5.02 Å². The predicted molar refractivity (Wildman–Crippen MR) is 94.9 cm³/mol. The molecule has 0 aromatic heterocycles. The smallest absolute Gasteiger partial charge is 0.290 e. The van der Waals surface area contributed by atoms with Crippen LogP contribution in [0.4, 0.5) is 10.5 Å². The molecular weight excluding hydrogens is 334 g/mol. The Morgan fingerprint density at radius 1 is 1.39 bits per heavy atom. The third-order valence-electron chi connectivity index (χ3n) is 4.18.